The fourth-order valence-corrected chi connectivity index (χ4v) is 1.89. The second-order valence-electron chi connectivity index (χ2n) is 3.98. The van der Waals surface area contributed by atoms with Crippen molar-refractivity contribution in [1.29, 1.82) is 0 Å². The van der Waals surface area contributed by atoms with Crippen LogP contribution in [-0.2, 0) is 6.42 Å². The Morgan fingerprint density at radius 1 is 1.05 bits per heavy atom. The van der Waals surface area contributed by atoms with Crippen molar-refractivity contribution in [2.45, 2.75) is 6.42 Å². The predicted molar refractivity (Wildman–Crippen MR) is 65.8 cm³/mol. The Bertz CT molecular complexity index is 620. The number of carbonyl (C=O) groups is 1. The van der Waals surface area contributed by atoms with Gasteiger partial charge in [-0.05, 0) is 29.8 Å². The van der Waals surface area contributed by atoms with Crippen molar-refractivity contribution >= 4 is 17.4 Å². The highest BCUT2D eigenvalue weighted by Crippen LogP contribution is 2.20. The molecule has 2 rings (SSSR count). The third kappa shape index (κ3) is 3.15. The first-order valence-corrected chi connectivity index (χ1v) is 5.77. The van der Waals surface area contributed by atoms with Gasteiger partial charge in [0, 0.05) is 12.5 Å². The molecule has 0 aliphatic heterocycles. The summed E-state index contributed by atoms with van der Waals surface area (Å²) in [7, 11) is 0. The Balaban J connectivity index is 2.28. The molecule has 0 saturated carbocycles. The molecule has 0 bridgehead atoms. The van der Waals surface area contributed by atoms with E-state index in [4.69, 9.17) is 11.6 Å². The summed E-state index contributed by atoms with van der Waals surface area (Å²) in [5.41, 5.74) is -0.0564. The lowest BCUT2D eigenvalue weighted by atomic mass is 10.0. The molecular weight excluding hydrogens is 277 g/mol. The van der Waals surface area contributed by atoms with Gasteiger partial charge in [-0.3, -0.25) is 4.79 Å². The van der Waals surface area contributed by atoms with E-state index in [1.54, 1.807) is 0 Å². The molecule has 0 fully saturated rings. The van der Waals surface area contributed by atoms with Gasteiger partial charge in [-0.2, -0.15) is 0 Å². The summed E-state index contributed by atoms with van der Waals surface area (Å²) >= 11 is 5.56. The minimum Gasteiger partial charge on any atom is -0.294 e. The Kier molecular flexibility index (Phi) is 3.90. The summed E-state index contributed by atoms with van der Waals surface area (Å²) in [6, 6.07) is 6.79. The van der Waals surface area contributed by atoms with E-state index in [1.165, 1.54) is 18.2 Å². The topological polar surface area (TPSA) is 17.1 Å². The second-order valence-corrected chi connectivity index (χ2v) is 4.39. The smallest absolute Gasteiger partial charge is 0.170 e. The van der Waals surface area contributed by atoms with Crippen molar-refractivity contribution in [1.82, 2.24) is 0 Å². The number of hydrogen-bond acceptors (Lipinski definition) is 1. The van der Waals surface area contributed by atoms with Gasteiger partial charge in [-0.25, -0.2) is 13.2 Å². The summed E-state index contributed by atoms with van der Waals surface area (Å²) in [5.74, 6) is -2.99. The summed E-state index contributed by atoms with van der Waals surface area (Å²) < 4.78 is 39.6. The minimum absolute atomic E-state index is 0.141. The summed E-state index contributed by atoms with van der Waals surface area (Å²) in [4.78, 5) is 11.9. The lowest BCUT2D eigenvalue weighted by Crippen LogP contribution is -2.07. The fraction of sp³-hybridized carbons (Fsp3) is 0.0714. The molecule has 1 nitrogen and oxygen atoms in total. The average molecular weight is 285 g/mol. The van der Waals surface area contributed by atoms with Gasteiger partial charge in [0.05, 0.1) is 10.6 Å². The second kappa shape index (κ2) is 5.45. The van der Waals surface area contributed by atoms with Crippen LogP contribution < -0.4 is 0 Å². The fourth-order valence-electron chi connectivity index (χ4n) is 1.71. The third-order valence-corrected chi connectivity index (χ3v) is 2.83. The molecular formula is C14H8ClF3O. The van der Waals surface area contributed by atoms with Crippen LogP contribution in [0.3, 0.4) is 0 Å². The zero-order valence-corrected chi connectivity index (χ0v) is 10.3. The third-order valence-electron chi connectivity index (χ3n) is 2.54. The monoisotopic (exact) mass is 284 g/mol. The van der Waals surface area contributed by atoms with Gasteiger partial charge in [-0.15, -0.1) is 0 Å². The van der Waals surface area contributed by atoms with Crippen LogP contribution in [-0.4, -0.2) is 5.78 Å². The van der Waals surface area contributed by atoms with Crippen LogP contribution >= 0.6 is 11.6 Å². The van der Waals surface area contributed by atoms with Crippen LogP contribution in [0.4, 0.5) is 13.2 Å². The van der Waals surface area contributed by atoms with Gasteiger partial charge < -0.3 is 0 Å². The molecule has 2 aromatic carbocycles. The van der Waals surface area contributed by atoms with Crippen LogP contribution in [0.25, 0.3) is 0 Å². The normalized spacial score (nSPS) is 10.5. The van der Waals surface area contributed by atoms with Crippen LogP contribution in [0.1, 0.15) is 15.9 Å². The van der Waals surface area contributed by atoms with Crippen LogP contribution in [0.2, 0.25) is 5.02 Å². The Morgan fingerprint density at radius 2 is 1.68 bits per heavy atom. The molecule has 0 unspecified atom stereocenters. The zero-order chi connectivity index (χ0) is 14.0. The number of ketones is 1. The molecule has 0 amide bonds. The molecule has 0 saturated heterocycles. The predicted octanol–water partition coefficient (Wildman–Crippen LogP) is 4.18. The van der Waals surface area contributed by atoms with Crippen LogP contribution in [0.5, 0.6) is 0 Å². The van der Waals surface area contributed by atoms with Gasteiger partial charge in [-0.1, -0.05) is 17.7 Å². The minimum atomic E-state index is -0.828. The van der Waals surface area contributed by atoms with E-state index in [2.05, 4.69) is 0 Å². The van der Waals surface area contributed by atoms with E-state index in [9.17, 15) is 18.0 Å². The largest absolute Gasteiger partial charge is 0.294 e. The van der Waals surface area contributed by atoms with Gasteiger partial charge in [0.25, 0.3) is 0 Å². The van der Waals surface area contributed by atoms with E-state index >= 15 is 0 Å². The Labute approximate surface area is 112 Å². The number of benzene rings is 2. The SMILES string of the molecule is O=C(Cc1cc(F)cc(F)c1)c1cccc(Cl)c1F. The number of hydrogen-bond donors (Lipinski definition) is 0. The average Bonchev–Trinajstić information content (AvgIpc) is 2.31. The van der Waals surface area contributed by atoms with Gasteiger partial charge in [0.1, 0.15) is 11.6 Å². The first kappa shape index (κ1) is 13.6. The maximum Gasteiger partial charge on any atom is 0.170 e. The van der Waals surface area contributed by atoms with Gasteiger partial charge in [0.2, 0.25) is 0 Å². The zero-order valence-electron chi connectivity index (χ0n) is 9.59. The van der Waals surface area contributed by atoms with Crippen molar-refractivity contribution in [3.63, 3.8) is 0 Å². The van der Waals surface area contributed by atoms with E-state index < -0.39 is 23.2 Å². The van der Waals surface area contributed by atoms with Crippen LogP contribution in [0, 0.1) is 17.5 Å². The van der Waals surface area contributed by atoms with Crippen molar-refractivity contribution in [3.05, 3.63) is 70.0 Å². The van der Waals surface area contributed by atoms with E-state index in [0.29, 0.717) is 6.07 Å². The highest BCUT2D eigenvalue weighted by atomic mass is 35.5. The molecule has 0 heterocycles. The first-order valence-electron chi connectivity index (χ1n) is 5.39. The molecule has 0 atom stereocenters. The van der Waals surface area contributed by atoms with Gasteiger partial charge >= 0.3 is 0 Å². The van der Waals surface area contributed by atoms with Crippen molar-refractivity contribution in [2.24, 2.45) is 0 Å². The van der Waals surface area contributed by atoms with Gasteiger partial charge in [0.15, 0.2) is 11.6 Å². The highest BCUT2D eigenvalue weighted by molar-refractivity contribution is 6.31. The molecule has 2 aromatic rings. The summed E-state index contributed by atoms with van der Waals surface area (Å²) in [5, 5.41) is -0.170. The number of rotatable bonds is 3. The molecule has 98 valence electrons. The molecule has 0 N–H and O–H groups in total. The van der Waals surface area contributed by atoms with E-state index in [-0.39, 0.29) is 22.6 Å². The molecule has 0 aliphatic carbocycles. The summed E-state index contributed by atoms with van der Waals surface area (Å²) in [6.45, 7) is 0. The maximum absolute atomic E-state index is 13.6. The standard InChI is InChI=1S/C14H8ClF3O/c15-12-3-1-2-11(14(12)18)13(19)6-8-4-9(16)7-10(17)5-8/h1-5,7H,6H2. The Morgan fingerprint density at radius 3 is 2.32 bits per heavy atom. The number of halogens is 4. The van der Waals surface area contributed by atoms with Crippen molar-refractivity contribution in [3.8, 4) is 0 Å². The van der Waals surface area contributed by atoms with Crippen molar-refractivity contribution < 1.29 is 18.0 Å². The molecule has 0 spiro atoms. The maximum atomic E-state index is 13.6. The summed E-state index contributed by atoms with van der Waals surface area (Å²) in [6.07, 6.45) is -0.300. The highest BCUT2D eigenvalue weighted by Gasteiger charge is 2.15. The van der Waals surface area contributed by atoms with E-state index in [0.717, 1.165) is 12.1 Å². The lowest BCUT2D eigenvalue weighted by Gasteiger charge is -2.04. The molecule has 19 heavy (non-hydrogen) atoms. The molecule has 5 heteroatoms. The molecule has 0 radical (unpaired) electrons. The number of Topliss-reactive ketones (excluding diaryl/α,β-unsaturated/α-hetero) is 1. The quantitative estimate of drug-likeness (QED) is 0.773. The number of carbonyl (C=O) groups excluding carboxylic acids is 1. The van der Waals surface area contributed by atoms with Crippen LogP contribution in [0.15, 0.2) is 36.4 Å². The van der Waals surface area contributed by atoms with Crippen molar-refractivity contribution in [2.75, 3.05) is 0 Å². The van der Waals surface area contributed by atoms with E-state index in [1.807, 2.05) is 0 Å². The Hall–Kier alpha value is -1.81. The molecule has 0 aliphatic rings. The first-order chi connectivity index (χ1) is 8.97. The molecule has 0 aromatic heterocycles. The lowest BCUT2D eigenvalue weighted by molar-refractivity contribution is 0.0989.